The summed E-state index contributed by atoms with van der Waals surface area (Å²) in [6.07, 6.45) is 3.84. The van der Waals surface area contributed by atoms with Gasteiger partial charge in [0, 0.05) is 30.9 Å². The van der Waals surface area contributed by atoms with E-state index in [1.165, 1.54) is 12.1 Å². The van der Waals surface area contributed by atoms with E-state index in [-0.39, 0.29) is 36.5 Å². The number of aliphatic hydroxyl groups excluding tert-OH is 1. The van der Waals surface area contributed by atoms with E-state index < -0.39 is 11.9 Å². The molecule has 194 valence electrons. The van der Waals surface area contributed by atoms with Crippen LogP contribution in [0.15, 0.2) is 24.4 Å². The number of pyridine rings is 1. The summed E-state index contributed by atoms with van der Waals surface area (Å²) in [6, 6.07) is 4.61. The van der Waals surface area contributed by atoms with Gasteiger partial charge in [0.1, 0.15) is 23.6 Å². The van der Waals surface area contributed by atoms with Crippen LogP contribution in [0.25, 0.3) is 0 Å². The first-order valence-electron chi connectivity index (χ1n) is 12.5. The number of nitrogens with zero attached hydrogens (tertiary/aromatic N) is 3. The van der Waals surface area contributed by atoms with Crippen molar-refractivity contribution in [1.29, 1.82) is 0 Å². The van der Waals surface area contributed by atoms with E-state index in [1.807, 2.05) is 4.90 Å². The van der Waals surface area contributed by atoms with E-state index in [9.17, 15) is 9.18 Å². The zero-order valence-electron chi connectivity index (χ0n) is 20.5. The highest BCUT2D eigenvalue weighted by atomic mass is 19.1. The molecule has 4 aliphatic rings. The van der Waals surface area contributed by atoms with Gasteiger partial charge in [0.2, 0.25) is 0 Å². The molecule has 0 saturated carbocycles. The fraction of sp³-hybridized carbons (Fsp3) is 0.538. The molecule has 3 unspecified atom stereocenters. The summed E-state index contributed by atoms with van der Waals surface area (Å²) in [4.78, 5) is 21.3. The number of halogens is 2. The maximum Gasteiger partial charge on any atom is 0.256 e. The van der Waals surface area contributed by atoms with Crippen LogP contribution >= 0.6 is 0 Å². The second kappa shape index (κ2) is 10.3. The van der Waals surface area contributed by atoms with Gasteiger partial charge >= 0.3 is 0 Å². The van der Waals surface area contributed by atoms with E-state index >= 15 is 4.39 Å². The number of ether oxygens (including phenoxy) is 2. The van der Waals surface area contributed by atoms with Crippen LogP contribution < -0.4 is 15.1 Å². The average Bonchev–Trinajstić information content (AvgIpc) is 3.44. The molecule has 3 atom stereocenters. The number of morpholine rings is 1. The Labute approximate surface area is 209 Å². The molecule has 0 radical (unpaired) electrons. The Kier molecular flexibility index (Phi) is 7.09. The number of carbonyl (C=O) groups is 1. The standard InChI is InChI=1S/C23H24F2N4O3.C3H8O/c24-14-5-13-10-29(23(30)21-3-1-2-4-31-21)20-8-19(28-11-16-6-15(28)12-32-16)17(25)7-18(20)27-22(13)26-9-14;1-3(2)4/h5,7-9,15-16,21H,1-4,6,10-12H2,(H,26,27);3-4H,1-2H3. The molecule has 8 nitrogen and oxygen atoms in total. The lowest BCUT2D eigenvalue weighted by Crippen LogP contribution is -2.42. The topological polar surface area (TPSA) is 87.2 Å². The van der Waals surface area contributed by atoms with Crippen LogP contribution in [0.5, 0.6) is 0 Å². The fourth-order valence-corrected chi connectivity index (χ4v) is 5.19. The van der Waals surface area contributed by atoms with E-state index in [0.717, 1.165) is 25.5 Å². The van der Waals surface area contributed by atoms with Gasteiger partial charge in [-0.3, -0.25) is 4.79 Å². The number of aliphatic hydroxyl groups is 1. The molecule has 1 aromatic carbocycles. The number of amides is 1. The Hall–Kier alpha value is -2.82. The quantitative estimate of drug-likeness (QED) is 0.645. The summed E-state index contributed by atoms with van der Waals surface area (Å²) in [6.45, 7) is 5.31. The molecule has 3 saturated heterocycles. The number of hydrogen-bond donors (Lipinski definition) is 2. The molecule has 36 heavy (non-hydrogen) atoms. The zero-order valence-corrected chi connectivity index (χ0v) is 20.5. The van der Waals surface area contributed by atoms with Gasteiger partial charge in [0.15, 0.2) is 0 Å². The average molecular weight is 503 g/mol. The van der Waals surface area contributed by atoms with E-state index in [0.29, 0.717) is 54.6 Å². The number of hydrogen-bond acceptors (Lipinski definition) is 7. The first-order chi connectivity index (χ1) is 17.3. The smallest absolute Gasteiger partial charge is 0.256 e. The van der Waals surface area contributed by atoms with Crippen molar-refractivity contribution in [2.75, 3.05) is 34.9 Å². The first kappa shape index (κ1) is 24.9. The van der Waals surface area contributed by atoms with Crippen molar-refractivity contribution in [1.82, 2.24) is 4.98 Å². The van der Waals surface area contributed by atoms with Crippen molar-refractivity contribution < 1.29 is 28.2 Å². The molecule has 6 rings (SSSR count). The summed E-state index contributed by atoms with van der Waals surface area (Å²) in [5.74, 6) is -0.657. The minimum absolute atomic E-state index is 0.112. The third-order valence-corrected chi connectivity index (χ3v) is 6.80. The Balaban J connectivity index is 0.000000623. The lowest BCUT2D eigenvalue weighted by atomic mass is 10.1. The second-order valence-electron chi connectivity index (χ2n) is 9.98. The minimum atomic E-state index is -0.565. The largest absolute Gasteiger partial charge is 0.394 e. The maximum absolute atomic E-state index is 15.3. The third-order valence-electron chi connectivity index (χ3n) is 6.80. The molecule has 1 amide bonds. The van der Waals surface area contributed by atoms with Crippen LogP contribution in [0, 0.1) is 11.6 Å². The van der Waals surface area contributed by atoms with Crippen molar-refractivity contribution in [3.05, 3.63) is 41.6 Å². The Bertz CT molecular complexity index is 1120. The second-order valence-corrected chi connectivity index (χ2v) is 9.98. The Morgan fingerprint density at radius 2 is 2.00 bits per heavy atom. The first-order valence-corrected chi connectivity index (χ1v) is 12.5. The molecule has 0 aliphatic carbocycles. The Morgan fingerprint density at radius 1 is 1.19 bits per heavy atom. The summed E-state index contributed by atoms with van der Waals surface area (Å²) in [5.41, 5.74) is 1.95. The third kappa shape index (κ3) is 5.02. The number of rotatable bonds is 2. The molecule has 2 N–H and O–H groups in total. The van der Waals surface area contributed by atoms with Crippen molar-refractivity contribution in [3.8, 4) is 0 Å². The van der Waals surface area contributed by atoms with Gasteiger partial charge in [-0.15, -0.1) is 0 Å². The highest BCUT2D eigenvalue weighted by molar-refractivity contribution is 6.01. The lowest BCUT2D eigenvalue weighted by molar-refractivity contribution is -0.132. The number of nitrogens with one attached hydrogen (secondary N) is 1. The van der Waals surface area contributed by atoms with Gasteiger partial charge in [-0.1, -0.05) is 0 Å². The highest BCUT2D eigenvalue weighted by Gasteiger charge is 2.41. The van der Waals surface area contributed by atoms with Crippen molar-refractivity contribution >= 4 is 28.8 Å². The minimum Gasteiger partial charge on any atom is -0.394 e. The molecule has 3 fully saturated rings. The molecule has 2 aromatic rings. The van der Waals surface area contributed by atoms with E-state index in [4.69, 9.17) is 14.6 Å². The van der Waals surface area contributed by atoms with Crippen LogP contribution in [-0.2, 0) is 20.8 Å². The van der Waals surface area contributed by atoms with Gasteiger partial charge < -0.3 is 29.7 Å². The van der Waals surface area contributed by atoms with Gasteiger partial charge in [0.05, 0.1) is 48.6 Å². The van der Waals surface area contributed by atoms with Crippen molar-refractivity contribution in [2.45, 2.75) is 70.4 Å². The summed E-state index contributed by atoms with van der Waals surface area (Å²) < 4.78 is 40.7. The number of anilines is 4. The molecule has 2 bridgehead atoms. The predicted molar refractivity (Wildman–Crippen MR) is 132 cm³/mol. The van der Waals surface area contributed by atoms with Crippen LogP contribution in [0.4, 0.5) is 31.7 Å². The maximum atomic E-state index is 15.3. The molecule has 4 aliphatic heterocycles. The molecule has 1 aromatic heterocycles. The van der Waals surface area contributed by atoms with E-state index in [1.54, 1.807) is 24.8 Å². The van der Waals surface area contributed by atoms with Gasteiger partial charge in [-0.2, -0.15) is 0 Å². The Morgan fingerprint density at radius 3 is 2.67 bits per heavy atom. The lowest BCUT2D eigenvalue weighted by Gasteiger charge is -2.32. The summed E-state index contributed by atoms with van der Waals surface area (Å²) in [7, 11) is 0. The number of fused-ring (bicyclic) bond motifs is 4. The predicted octanol–water partition coefficient (Wildman–Crippen LogP) is 3.88. The van der Waals surface area contributed by atoms with Gasteiger partial charge in [-0.05, 0) is 51.7 Å². The van der Waals surface area contributed by atoms with E-state index in [2.05, 4.69) is 10.3 Å². The summed E-state index contributed by atoms with van der Waals surface area (Å²) in [5, 5.41) is 11.2. The SMILES string of the molecule is CC(C)O.O=C(C1CCCCO1)N1Cc2cc(F)cnc2Nc2cc(F)c(N3CC4CC3CO4)cc21. The molecular formula is C26H32F2N4O4. The molecule has 5 heterocycles. The molecule has 0 spiro atoms. The normalized spacial score (nSPS) is 24.4. The van der Waals surface area contributed by atoms with Crippen molar-refractivity contribution in [3.63, 3.8) is 0 Å². The van der Waals surface area contributed by atoms with Crippen LogP contribution in [0.3, 0.4) is 0 Å². The highest BCUT2D eigenvalue weighted by Crippen LogP contribution is 2.42. The van der Waals surface area contributed by atoms with Gasteiger partial charge in [0.25, 0.3) is 5.91 Å². The van der Waals surface area contributed by atoms with Crippen molar-refractivity contribution in [2.24, 2.45) is 0 Å². The molecular weight excluding hydrogens is 470 g/mol. The molecule has 10 heteroatoms. The zero-order chi connectivity index (χ0) is 25.4. The monoisotopic (exact) mass is 502 g/mol. The van der Waals surface area contributed by atoms with Gasteiger partial charge in [-0.25, -0.2) is 13.8 Å². The van der Waals surface area contributed by atoms with Crippen LogP contribution in [-0.4, -0.2) is 60.1 Å². The van der Waals surface area contributed by atoms with Crippen LogP contribution in [0.2, 0.25) is 0 Å². The number of aromatic nitrogens is 1. The number of benzene rings is 1. The van der Waals surface area contributed by atoms with Crippen LogP contribution in [0.1, 0.15) is 45.1 Å². The fourth-order valence-electron chi connectivity index (χ4n) is 5.19. The number of carbonyl (C=O) groups excluding carboxylic acids is 1. The summed E-state index contributed by atoms with van der Waals surface area (Å²) >= 11 is 0.